The van der Waals surface area contributed by atoms with Crippen LogP contribution in [0.5, 0.6) is 5.75 Å². The predicted octanol–water partition coefficient (Wildman–Crippen LogP) is 4.84. The van der Waals surface area contributed by atoms with Gasteiger partial charge in [0.2, 0.25) is 0 Å². The summed E-state index contributed by atoms with van der Waals surface area (Å²) in [6.07, 6.45) is 2.00. The maximum Gasteiger partial charge on any atom is 0.259 e. The van der Waals surface area contributed by atoms with Gasteiger partial charge in [0.05, 0.1) is 16.8 Å². The fourth-order valence-electron chi connectivity index (χ4n) is 2.54. The van der Waals surface area contributed by atoms with Crippen LogP contribution in [0.4, 0.5) is 5.69 Å². The lowest BCUT2D eigenvalue weighted by atomic mass is 10.1. The van der Waals surface area contributed by atoms with Crippen LogP contribution in [0.3, 0.4) is 0 Å². The molecule has 1 amide bonds. The summed E-state index contributed by atoms with van der Waals surface area (Å²) in [5.74, 6) is 1.03. The summed E-state index contributed by atoms with van der Waals surface area (Å²) < 4.78 is 11.0. The van der Waals surface area contributed by atoms with Crippen molar-refractivity contribution in [2.75, 3.05) is 11.6 Å². The average Bonchev–Trinajstić information content (AvgIpc) is 2.98. The third kappa shape index (κ3) is 4.08. The minimum absolute atomic E-state index is 0.211. The van der Waals surface area contributed by atoms with Crippen molar-refractivity contribution in [3.05, 3.63) is 71.1 Å². The molecule has 0 aliphatic heterocycles. The molecular formula is C20H20N2O3S. The van der Waals surface area contributed by atoms with Gasteiger partial charge in [-0.1, -0.05) is 23.4 Å². The highest BCUT2D eigenvalue weighted by molar-refractivity contribution is 7.98. The number of carbonyl (C=O) groups is 1. The molecule has 26 heavy (non-hydrogen) atoms. The minimum Gasteiger partial charge on any atom is -0.488 e. The van der Waals surface area contributed by atoms with Crippen molar-refractivity contribution < 1.29 is 14.1 Å². The van der Waals surface area contributed by atoms with Crippen LogP contribution in [-0.2, 0) is 6.61 Å². The van der Waals surface area contributed by atoms with Crippen LogP contribution in [0, 0.1) is 13.8 Å². The molecule has 0 radical (unpaired) electrons. The molecule has 0 bridgehead atoms. The number of aromatic nitrogens is 1. The van der Waals surface area contributed by atoms with Gasteiger partial charge in [0.25, 0.3) is 5.91 Å². The van der Waals surface area contributed by atoms with Crippen LogP contribution in [0.2, 0.25) is 0 Å². The zero-order valence-electron chi connectivity index (χ0n) is 14.9. The highest BCUT2D eigenvalue weighted by Crippen LogP contribution is 2.24. The summed E-state index contributed by atoms with van der Waals surface area (Å²) in [5, 5.41) is 6.85. The molecule has 134 valence electrons. The number of amides is 1. The Morgan fingerprint density at radius 3 is 2.73 bits per heavy atom. The monoisotopic (exact) mass is 368 g/mol. The molecule has 0 saturated heterocycles. The lowest BCUT2D eigenvalue weighted by molar-refractivity contribution is 0.102. The molecule has 3 rings (SSSR count). The fraction of sp³-hybridized carbons (Fsp3) is 0.200. The fourth-order valence-corrected chi connectivity index (χ4v) is 3.00. The summed E-state index contributed by atoms with van der Waals surface area (Å²) in [5.41, 5.74) is 2.92. The van der Waals surface area contributed by atoms with Gasteiger partial charge in [0.1, 0.15) is 18.1 Å². The van der Waals surface area contributed by atoms with Crippen molar-refractivity contribution in [1.82, 2.24) is 5.16 Å². The summed E-state index contributed by atoms with van der Waals surface area (Å²) in [6, 6.07) is 14.9. The highest BCUT2D eigenvalue weighted by atomic mass is 32.2. The van der Waals surface area contributed by atoms with Crippen molar-refractivity contribution >= 4 is 23.4 Å². The number of hydrogen-bond acceptors (Lipinski definition) is 5. The average molecular weight is 368 g/mol. The number of carbonyl (C=O) groups excluding carboxylic acids is 1. The second-order valence-electron chi connectivity index (χ2n) is 5.77. The van der Waals surface area contributed by atoms with Crippen LogP contribution in [-0.4, -0.2) is 17.3 Å². The van der Waals surface area contributed by atoms with E-state index in [2.05, 4.69) is 10.5 Å². The first-order chi connectivity index (χ1) is 12.6. The molecule has 0 spiro atoms. The molecule has 1 aromatic heterocycles. The standard InChI is InChI=1S/C20H20N2O3S/c1-13-18(14(2)25-22-13)12-24-19-10-5-4-9-17(19)20(23)21-15-7-6-8-16(11-15)26-3/h4-11H,12H2,1-3H3,(H,21,23). The van der Waals surface area contributed by atoms with Crippen molar-refractivity contribution in [3.8, 4) is 5.75 Å². The van der Waals surface area contributed by atoms with Crippen LogP contribution in [0.15, 0.2) is 57.9 Å². The van der Waals surface area contributed by atoms with E-state index in [0.29, 0.717) is 17.9 Å². The molecule has 0 atom stereocenters. The number of aryl methyl sites for hydroxylation is 2. The van der Waals surface area contributed by atoms with E-state index >= 15 is 0 Å². The molecule has 1 heterocycles. The highest BCUT2D eigenvalue weighted by Gasteiger charge is 2.15. The molecule has 5 nitrogen and oxygen atoms in total. The number of hydrogen-bond donors (Lipinski definition) is 1. The molecule has 0 aliphatic rings. The number of benzene rings is 2. The Morgan fingerprint density at radius 1 is 1.19 bits per heavy atom. The smallest absolute Gasteiger partial charge is 0.259 e. The van der Waals surface area contributed by atoms with Crippen molar-refractivity contribution in [1.29, 1.82) is 0 Å². The number of para-hydroxylation sites is 1. The predicted molar refractivity (Wildman–Crippen MR) is 103 cm³/mol. The lowest BCUT2D eigenvalue weighted by Crippen LogP contribution is -2.13. The number of anilines is 1. The Labute approximate surface area is 156 Å². The summed E-state index contributed by atoms with van der Waals surface area (Å²) in [6.45, 7) is 4.01. The Bertz CT molecular complexity index is 901. The molecule has 3 aromatic rings. The molecule has 0 saturated carbocycles. The van der Waals surface area contributed by atoms with Crippen LogP contribution in [0.1, 0.15) is 27.4 Å². The third-order valence-electron chi connectivity index (χ3n) is 4.01. The van der Waals surface area contributed by atoms with Crippen molar-refractivity contribution in [3.63, 3.8) is 0 Å². The van der Waals surface area contributed by atoms with E-state index in [1.807, 2.05) is 56.5 Å². The number of nitrogens with one attached hydrogen (secondary N) is 1. The van der Waals surface area contributed by atoms with Gasteiger partial charge in [0, 0.05) is 10.6 Å². The zero-order chi connectivity index (χ0) is 18.5. The lowest BCUT2D eigenvalue weighted by Gasteiger charge is -2.12. The molecular weight excluding hydrogens is 348 g/mol. The first-order valence-corrected chi connectivity index (χ1v) is 9.40. The first-order valence-electron chi connectivity index (χ1n) is 8.17. The van der Waals surface area contributed by atoms with Gasteiger partial charge in [-0.25, -0.2) is 0 Å². The summed E-state index contributed by atoms with van der Waals surface area (Å²) in [4.78, 5) is 13.8. The summed E-state index contributed by atoms with van der Waals surface area (Å²) in [7, 11) is 0. The van der Waals surface area contributed by atoms with Gasteiger partial charge in [-0.05, 0) is 50.4 Å². The van der Waals surface area contributed by atoms with E-state index in [9.17, 15) is 4.79 Å². The number of thioether (sulfide) groups is 1. The van der Waals surface area contributed by atoms with E-state index in [1.54, 1.807) is 23.9 Å². The van der Waals surface area contributed by atoms with E-state index in [0.717, 1.165) is 27.6 Å². The first kappa shape index (κ1) is 18.1. The van der Waals surface area contributed by atoms with Gasteiger partial charge in [-0.3, -0.25) is 4.79 Å². The van der Waals surface area contributed by atoms with Crippen LogP contribution in [0.25, 0.3) is 0 Å². The van der Waals surface area contributed by atoms with E-state index in [-0.39, 0.29) is 5.91 Å². The summed E-state index contributed by atoms with van der Waals surface area (Å²) >= 11 is 1.63. The molecule has 0 fully saturated rings. The Kier molecular flexibility index (Phi) is 5.63. The SMILES string of the molecule is CSc1cccc(NC(=O)c2ccccc2OCc2c(C)noc2C)c1. The maximum absolute atomic E-state index is 12.7. The topological polar surface area (TPSA) is 64.4 Å². The van der Waals surface area contributed by atoms with Gasteiger partial charge < -0.3 is 14.6 Å². The van der Waals surface area contributed by atoms with Gasteiger partial charge >= 0.3 is 0 Å². The number of ether oxygens (including phenoxy) is 1. The van der Waals surface area contributed by atoms with Gasteiger partial charge in [0.15, 0.2) is 0 Å². The Morgan fingerprint density at radius 2 is 2.00 bits per heavy atom. The molecule has 6 heteroatoms. The molecule has 0 unspecified atom stereocenters. The maximum atomic E-state index is 12.7. The quantitative estimate of drug-likeness (QED) is 0.631. The van der Waals surface area contributed by atoms with Gasteiger partial charge in [-0.15, -0.1) is 11.8 Å². The minimum atomic E-state index is -0.211. The Hall–Kier alpha value is -2.73. The van der Waals surface area contributed by atoms with Gasteiger partial charge in [-0.2, -0.15) is 0 Å². The number of nitrogens with zero attached hydrogens (tertiary/aromatic N) is 1. The Balaban J connectivity index is 1.76. The van der Waals surface area contributed by atoms with E-state index < -0.39 is 0 Å². The van der Waals surface area contributed by atoms with E-state index in [4.69, 9.17) is 9.26 Å². The number of rotatable bonds is 6. The molecule has 2 aromatic carbocycles. The van der Waals surface area contributed by atoms with Crippen LogP contribution >= 0.6 is 11.8 Å². The van der Waals surface area contributed by atoms with Crippen molar-refractivity contribution in [2.45, 2.75) is 25.3 Å². The van der Waals surface area contributed by atoms with Crippen LogP contribution < -0.4 is 10.1 Å². The molecule has 1 N–H and O–H groups in total. The normalized spacial score (nSPS) is 10.6. The zero-order valence-corrected chi connectivity index (χ0v) is 15.7. The third-order valence-corrected chi connectivity index (χ3v) is 4.74. The largest absolute Gasteiger partial charge is 0.488 e. The van der Waals surface area contributed by atoms with Crippen molar-refractivity contribution in [2.24, 2.45) is 0 Å². The van der Waals surface area contributed by atoms with E-state index in [1.165, 1.54) is 0 Å². The second kappa shape index (κ2) is 8.10. The second-order valence-corrected chi connectivity index (χ2v) is 6.65. The molecule has 0 aliphatic carbocycles.